The summed E-state index contributed by atoms with van der Waals surface area (Å²) in [6.07, 6.45) is -4.35. The van der Waals surface area contributed by atoms with E-state index in [0.29, 0.717) is 22.4 Å². The maximum absolute atomic E-state index is 16.0. The fourth-order valence-corrected chi connectivity index (χ4v) is 6.20. The molecular weight excluding hydrogens is 452 g/mol. The summed E-state index contributed by atoms with van der Waals surface area (Å²) in [5, 5.41) is 13.9. The lowest BCUT2D eigenvalue weighted by molar-refractivity contribution is -0.303. The molecule has 0 saturated carbocycles. The Balaban J connectivity index is 2.27. The zero-order valence-electron chi connectivity index (χ0n) is 19.4. The topological polar surface area (TPSA) is 29.5 Å². The van der Waals surface area contributed by atoms with E-state index in [1.807, 2.05) is 58.0 Å². The van der Waals surface area contributed by atoms with Gasteiger partial charge in [-0.3, -0.25) is 0 Å². The first kappa shape index (κ1) is 25.4. The third kappa shape index (κ3) is 5.64. The van der Waals surface area contributed by atoms with Gasteiger partial charge in [0.15, 0.2) is 0 Å². The number of rotatable bonds is 7. The van der Waals surface area contributed by atoms with Crippen molar-refractivity contribution < 1.29 is 27.4 Å². The lowest BCUT2D eigenvalue weighted by Gasteiger charge is -2.29. The van der Waals surface area contributed by atoms with Crippen molar-refractivity contribution in [1.29, 1.82) is 0 Å². The maximum atomic E-state index is 16.0. The minimum absolute atomic E-state index is 0.153. The van der Waals surface area contributed by atoms with Crippen LogP contribution in [0.3, 0.4) is 0 Å². The lowest BCUT2D eigenvalue weighted by atomic mass is 9.79. The number of hydrogen-bond acceptors (Lipinski definition) is 2. The first-order chi connectivity index (χ1) is 15.4. The summed E-state index contributed by atoms with van der Waals surface area (Å²) in [7, 11) is -1.15. The summed E-state index contributed by atoms with van der Waals surface area (Å²) in [5.74, 6) is -0.536. The minimum atomic E-state index is -4.76. The second-order valence-electron chi connectivity index (χ2n) is 8.83. The van der Waals surface area contributed by atoms with E-state index in [1.54, 1.807) is 12.3 Å². The van der Waals surface area contributed by atoms with E-state index in [1.165, 1.54) is 11.5 Å². The third-order valence-corrected chi connectivity index (χ3v) is 7.39. The minimum Gasteiger partial charge on any atom is -0.405 e. The molecule has 0 amide bonds. The fraction of sp³-hybridized carbons (Fsp3) is 0.385. The number of hydrogen-bond donors (Lipinski definition) is 2. The summed E-state index contributed by atoms with van der Waals surface area (Å²) in [6, 6.07) is 9.49. The van der Waals surface area contributed by atoms with Crippen molar-refractivity contribution in [3.63, 3.8) is 0 Å². The quantitative estimate of drug-likeness (QED) is 0.308. The molecule has 1 aliphatic heterocycles. The van der Waals surface area contributed by atoms with Gasteiger partial charge in [-0.15, -0.1) is 13.2 Å². The average Bonchev–Trinajstić information content (AvgIpc) is 3.12. The van der Waals surface area contributed by atoms with Crippen molar-refractivity contribution in [2.75, 3.05) is 0 Å². The monoisotopic (exact) mass is 482 g/mol. The third-order valence-electron chi connectivity index (χ3n) is 5.59. The zero-order valence-corrected chi connectivity index (χ0v) is 20.3. The van der Waals surface area contributed by atoms with Crippen LogP contribution in [-0.2, 0) is 10.5 Å². The fourth-order valence-electron chi connectivity index (χ4n) is 4.42. The summed E-state index contributed by atoms with van der Waals surface area (Å²) < 4.78 is 58.1. The molecule has 0 bridgehead atoms. The van der Waals surface area contributed by atoms with Gasteiger partial charge in [0.2, 0.25) is 0 Å². The van der Waals surface area contributed by atoms with Crippen molar-refractivity contribution in [3.05, 3.63) is 81.1 Å². The van der Waals surface area contributed by atoms with Crippen LogP contribution in [0.15, 0.2) is 53.0 Å². The molecular formula is C26H30F4O2S. The van der Waals surface area contributed by atoms with Crippen LogP contribution in [0.5, 0.6) is 0 Å². The molecule has 7 heteroatoms. The molecule has 2 unspecified atom stereocenters. The highest BCUT2D eigenvalue weighted by Crippen LogP contribution is 2.49. The number of aliphatic hydroxyl groups excluding tert-OH is 1. The van der Waals surface area contributed by atoms with Gasteiger partial charge in [0.1, 0.15) is 11.6 Å². The van der Waals surface area contributed by atoms with Crippen LogP contribution in [0.2, 0.25) is 0 Å². The van der Waals surface area contributed by atoms with E-state index >= 15 is 4.39 Å². The van der Waals surface area contributed by atoms with Gasteiger partial charge in [-0.05, 0) is 69.0 Å². The number of aliphatic hydroxyl groups is 1. The highest BCUT2D eigenvalue weighted by Gasteiger charge is 2.33. The van der Waals surface area contributed by atoms with Gasteiger partial charge >= 0.3 is 6.36 Å². The van der Waals surface area contributed by atoms with E-state index in [4.69, 9.17) is 0 Å². The van der Waals surface area contributed by atoms with Crippen LogP contribution >= 0.6 is 10.9 Å². The lowest BCUT2D eigenvalue weighted by Crippen LogP contribution is -2.14. The van der Waals surface area contributed by atoms with Crippen molar-refractivity contribution >= 4 is 10.9 Å². The normalized spacial score (nSPS) is 18.2. The van der Waals surface area contributed by atoms with Crippen LogP contribution in [0.1, 0.15) is 74.8 Å². The zero-order chi connectivity index (χ0) is 24.5. The van der Waals surface area contributed by atoms with E-state index in [-0.39, 0.29) is 23.4 Å². The molecule has 0 saturated heterocycles. The molecule has 180 valence electrons. The van der Waals surface area contributed by atoms with Crippen LogP contribution in [-0.4, -0.2) is 11.5 Å². The van der Waals surface area contributed by atoms with Crippen LogP contribution in [0.25, 0.3) is 11.1 Å². The molecule has 1 heterocycles. The van der Waals surface area contributed by atoms with Gasteiger partial charge in [0.25, 0.3) is 0 Å². The smallest absolute Gasteiger partial charge is 0.405 e. The number of ether oxygens (including phenoxy) is 1. The highest BCUT2D eigenvalue weighted by molar-refractivity contribution is 8.21. The molecule has 2 atom stereocenters. The van der Waals surface area contributed by atoms with Crippen LogP contribution in [0, 0.1) is 5.82 Å². The number of alkyl halides is 3. The Labute approximate surface area is 195 Å². The second-order valence-corrected chi connectivity index (χ2v) is 10.7. The largest absolute Gasteiger partial charge is 0.573 e. The Morgan fingerprint density at radius 1 is 0.939 bits per heavy atom. The van der Waals surface area contributed by atoms with E-state index in [9.17, 15) is 18.3 Å². The Morgan fingerprint density at radius 3 is 2.06 bits per heavy atom. The Morgan fingerprint density at radius 2 is 1.55 bits per heavy atom. The van der Waals surface area contributed by atoms with Gasteiger partial charge in [-0.25, -0.2) is 15.3 Å². The molecule has 1 aliphatic rings. The second kappa shape index (κ2) is 9.94. The first-order valence-corrected chi connectivity index (χ1v) is 12.6. The van der Waals surface area contributed by atoms with Crippen molar-refractivity contribution in [2.45, 2.75) is 64.7 Å². The summed E-state index contributed by atoms with van der Waals surface area (Å²) >= 11 is 0. The first-order valence-electron chi connectivity index (χ1n) is 10.9. The van der Waals surface area contributed by atoms with Gasteiger partial charge in [-0.1, -0.05) is 58.0 Å². The van der Waals surface area contributed by atoms with Crippen molar-refractivity contribution in [2.24, 2.45) is 0 Å². The maximum Gasteiger partial charge on any atom is 0.573 e. The van der Waals surface area contributed by atoms with Gasteiger partial charge in [0.05, 0.1) is 6.10 Å². The Kier molecular flexibility index (Phi) is 7.64. The average molecular weight is 483 g/mol. The van der Waals surface area contributed by atoms with Gasteiger partial charge in [-0.2, -0.15) is 0 Å². The Bertz CT molecular complexity index is 1050. The molecule has 1 N–H and O–H groups in total. The molecule has 2 aromatic carbocycles. The van der Waals surface area contributed by atoms with Crippen molar-refractivity contribution in [1.82, 2.24) is 0 Å². The molecule has 33 heavy (non-hydrogen) atoms. The number of allylic oxidation sites excluding steroid dienone is 1. The molecule has 0 aromatic heterocycles. The van der Waals surface area contributed by atoms with E-state index < -0.39 is 23.4 Å². The molecule has 0 spiro atoms. The van der Waals surface area contributed by atoms with Crippen LogP contribution in [0.4, 0.5) is 17.6 Å². The van der Waals surface area contributed by atoms with E-state index in [0.717, 1.165) is 16.7 Å². The van der Waals surface area contributed by atoms with Crippen molar-refractivity contribution in [3.8, 4) is 11.1 Å². The SMILES string of the molecule is CC(C)c1c(F)c(C(C)C)c(C(C)O)c(-c2ccccc2)c1C[SH]1C=CC(OC(F)(F)F)=C1. The highest BCUT2D eigenvalue weighted by atomic mass is 32.2. The predicted octanol–water partition coefficient (Wildman–Crippen LogP) is 8.20. The number of benzene rings is 2. The van der Waals surface area contributed by atoms with Gasteiger partial charge in [0, 0.05) is 5.75 Å². The molecule has 2 nitrogen and oxygen atoms in total. The number of thiol groups is 1. The molecule has 0 radical (unpaired) electrons. The summed E-state index contributed by atoms with van der Waals surface area (Å²) in [6.45, 7) is 9.25. The molecule has 0 fully saturated rings. The number of halogens is 4. The summed E-state index contributed by atoms with van der Waals surface area (Å²) in [4.78, 5) is 0. The molecule has 3 rings (SSSR count). The van der Waals surface area contributed by atoms with E-state index in [2.05, 4.69) is 4.74 Å². The Hall–Kier alpha value is -2.25. The molecule has 2 aromatic rings. The standard InChI is InChI=1S/C26H30F4O2S/c1-15(2)21-20(14-33-12-11-19(13-33)32-26(28,29)30)24(18-9-7-6-8-10-18)23(17(5)31)22(16(3)4)25(21)27/h6-13,15-17,31,33H,14H2,1-5H3. The predicted molar refractivity (Wildman–Crippen MR) is 128 cm³/mol. The van der Waals surface area contributed by atoms with Gasteiger partial charge < -0.3 is 9.84 Å². The molecule has 0 aliphatic carbocycles. The van der Waals surface area contributed by atoms with Crippen LogP contribution < -0.4 is 0 Å². The summed E-state index contributed by atoms with van der Waals surface area (Å²) in [5.41, 5.74) is 3.94.